The van der Waals surface area contributed by atoms with Gasteiger partial charge in [-0.1, -0.05) is 41.4 Å². The molecule has 152 valence electrons. The highest BCUT2D eigenvalue weighted by atomic mass is 35.5. The van der Waals surface area contributed by atoms with Crippen molar-refractivity contribution >= 4 is 23.3 Å². The number of Topliss-reactive ketones (excluding diaryl/α,β-unsaturated/α-hetero) is 1. The van der Waals surface area contributed by atoms with Crippen molar-refractivity contribution in [3.8, 4) is 0 Å². The van der Waals surface area contributed by atoms with Crippen molar-refractivity contribution in [2.45, 2.75) is 32.2 Å². The van der Waals surface area contributed by atoms with Gasteiger partial charge < -0.3 is 5.32 Å². The van der Waals surface area contributed by atoms with E-state index >= 15 is 0 Å². The first-order chi connectivity index (χ1) is 13.8. The maximum Gasteiger partial charge on any atom is 0.251 e. The van der Waals surface area contributed by atoms with Gasteiger partial charge in [0.25, 0.3) is 5.91 Å². The summed E-state index contributed by atoms with van der Waals surface area (Å²) in [7, 11) is 0. The largest absolute Gasteiger partial charge is 0.349 e. The van der Waals surface area contributed by atoms with E-state index in [0.29, 0.717) is 6.54 Å². The van der Waals surface area contributed by atoms with Crippen LogP contribution >= 0.6 is 11.6 Å². The van der Waals surface area contributed by atoms with Gasteiger partial charge in [0, 0.05) is 22.2 Å². The molecule has 1 aliphatic carbocycles. The number of benzene rings is 2. The minimum Gasteiger partial charge on any atom is -0.349 e. The average molecular weight is 415 g/mol. The lowest BCUT2D eigenvalue weighted by Crippen LogP contribution is -2.41. The second-order valence-electron chi connectivity index (χ2n) is 8.32. The molecule has 2 aromatic carbocycles. The molecule has 0 bridgehead atoms. The van der Waals surface area contributed by atoms with Crippen LogP contribution in [-0.2, 0) is 0 Å². The third-order valence-corrected chi connectivity index (χ3v) is 6.43. The van der Waals surface area contributed by atoms with E-state index < -0.39 is 5.82 Å². The number of ketones is 1. The van der Waals surface area contributed by atoms with Crippen molar-refractivity contribution < 1.29 is 14.0 Å². The predicted octanol–water partition coefficient (Wildman–Crippen LogP) is 4.25. The van der Waals surface area contributed by atoms with Crippen LogP contribution in [0.3, 0.4) is 0 Å². The average Bonchev–Trinajstić information content (AvgIpc) is 3.34. The zero-order chi connectivity index (χ0) is 20.6. The third-order valence-electron chi connectivity index (χ3n) is 6.21. The Morgan fingerprint density at radius 2 is 1.83 bits per heavy atom. The number of halogens is 2. The molecule has 4 nitrogen and oxygen atoms in total. The van der Waals surface area contributed by atoms with E-state index in [1.807, 2.05) is 31.2 Å². The molecule has 2 fully saturated rings. The van der Waals surface area contributed by atoms with E-state index in [0.717, 1.165) is 43.5 Å². The van der Waals surface area contributed by atoms with Gasteiger partial charge in [0.05, 0.1) is 6.54 Å². The van der Waals surface area contributed by atoms with Crippen molar-refractivity contribution in [1.82, 2.24) is 10.2 Å². The molecule has 0 unspecified atom stereocenters. The molecule has 29 heavy (non-hydrogen) atoms. The van der Waals surface area contributed by atoms with Gasteiger partial charge in [-0.3, -0.25) is 14.5 Å². The molecule has 1 heterocycles. The lowest BCUT2D eigenvalue weighted by Gasteiger charge is -2.32. The standard InChI is InChI=1S/C23H24ClFN2O2/c1-15-2-4-16(5-3-15)20(28)14-27-8-6-23(7-9-27)13-21(23)26-22(29)17-10-18(24)12-19(25)11-17/h2-5,10-12,21H,6-9,13-14H2,1H3,(H,26,29)/t21-/m1/s1. The number of nitrogens with one attached hydrogen (secondary N) is 1. The summed E-state index contributed by atoms with van der Waals surface area (Å²) >= 11 is 5.84. The maximum absolute atomic E-state index is 13.5. The molecular weight excluding hydrogens is 391 g/mol. The van der Waals surface area contributed by atoms with Gasteiger partial charge in [-0.05, 0) is 62.9 Å². The number of hydrogen-bond donors (Lipinski definition) is 1. The zero-order valence-electron chi connectivity index (χ0n) is 16.4. The summed E-state index contributed by atoms with van der Waals surface area (Å²) in [5.41, 5.74) is 2.25. The van der Waals surface area contributed by atoms with Crippen LogP contribution in [0.4, 0.5) is 4.39 Å². The van der Waals surface area contributed by atoms with Crippen LogP contribution in [0.1, 0.15) is 45.5 Å². The number of rotatable bonds is 5. The van der Waals surface area contributed by atoms with E-state index in [-0.39, 0.29) is 33.7 Å². The quantitative estimate of drug-likeness (QED) is 0.744. The van der Waals surface area contributed by atoms with E-state index in [1.54, 1.807) is 0 Å². The molecule has 1 atom stereocenters. The van der Waals surface area contributed by atoms with Gasteiger partial charge >= 0.3 is 0 Å². The number of likely N-dealkylation sites (tertiary alicyclic amines) is 1. The fourth-order valence-corrected chi connectivity index (χ4v) is 4.44. The van der Waals surface area contributed by atoms with Crippen LogP contribution < -0.4 is 5.32 Å². The van der Waals surface area contributed by atoms with E-state index in [1.165, 1.54) is 18.2 Å². The number of aryl methyl sites for hydroxylation is 1. The van der Waals surface area contributed by atoms with Crippen LogP contribution in [0.15, 0.2) is 42.5 Å². The van der Waals surface area contributed by atoms with Crippen molar-refractivity contribution in [3.05, 3.63) is 70.0 Å². The first kappa shape index (κ1) is 20.0. The van der Waals surface area contributed by atoms with Crippen LogP contribution in [0.5, 0.6) is 0 Å². The van der Waals surface area contributed by atoms with Gasteiger partial charge in [-0.2, -0.15) is 0 Å². The highest BCUT2D eigenvalue weighted by Crippen LogP contribution is 2.53. The van der Waals surface area contributed by atoms with E-state index in [2.05, 4.69) is 10.2 Å². The lowest BCUT2D eigenvalue weighted by molar-refractivity contribution is 0.0877. The van der Waals surface area contributed by atoms with Crippen molar-refractivity contribution in [3.63, 3.8) is 0 Å². The smallest absolute Gasteiger partial charge is 0.251 e. The molecule has 1 aliphatic heterocycles. The first-order valence-corrected chi connectivity index (χ1v) is 10.3. The molecule has 0 aromatic heterocycles. The Morgan fingerprint density at radius 3 is 2.48 bits per heavy atom. The molecule has 1 amide bonds. The number of carbonyl (C=O) groups excluding carboxylic acids is 2. The molecule has 2 aromatic rings. The zero-order valence-corrected chi connectivity index (χ0v) is 17.1. The van der Waals surface area contributed by atoms with Crippen molar-refractivity contribution in [2.75, 3.05) is 19.6 Å². The molecular formula is C23H24ClFN2O2. The molecule has 2 aliphatic rings. The summed E-state index contributed by atoms with van der Waals surface area (Å²) < 4.78 is 13.5. The molecule has 1 spiro atoms. The normalized spacial score (nSPS) is 20.4. The summed E-state index contributed by atoms with van der Waals surface area (Å²) in [6.07, 6.45) is 2.83. The maximum atomic E-state index is 13.5. The third kappa shape index (κ3) is 4.51. The summed E-state index contributed by atoms with van der Waals surface area (Å²) in [5, 5.41) is 3.24. The number of hydrogen-bond acceptors (Lipinski definition) is 3. The Balaban J connectivity index is 1.28. The fraction of sp³-hybridized carbons (Fsp3) is 0.391. The minimum atomic E-state index is -0.514. The lowest BCUT2D eigenvalue weighted by atomic mass is 9.92. The molecule has 1 saturated heterocycles. The van der Waals surface area contributed by atoms with Gasteiger partial charge in [0.1, 0.15) is 5.82 Å². The Bertz CT molecular complexity index is 916. The van der Waals surface area contributed by atoms with Crippen molar-refractivity contribution in [1.29, 1.82) is 0 Å². The Morgan fingerprint density at radius 1 is 1.14 bits per heavy atom. The Labute approximate surface area is 175 Å². The second-order valence-corrected chi connectivity index (χ2v) is 8.75. The number of nitrogens with zero attached hydrogens (tertiary/aromatic N) is 1. The van der Waals surface area contributed by atoms with Gasteiger partial charge in [-0.25, -0.2) is 4.39 Å². The van der Waals surface area contributed by atoms with Crippen LogP contribution in [-0.4, -0.2) is 42.3 Å². The van der Waals surface area contributed by atoms with E-state index in [4.69, 9.17) is 11.6 Å². The summed E-state index contributed by atoms with van der Waals surface area (Å²) in [6, 6.07) is 11.7. The molecule has 1 N–H and O–H groups in total. The van der Waals surface area contributed by atoms with Gasteiger partial charge in [0.15, 0.2) is 5.78 Å². The van der Waals surface area contributed by atoms with Crippen LogP contribution in [0.25, 0.3) is 0 Å². The van der Waals surface area contributed by atoms with Crippen LogP contribution in [0, 0.1) is 18.2 Å². The monoisotopic (exact) mass is 414 g/mol. The molecule has 0 radical (unpaired) electrons. The van der Waals surface area contributed by atoms with E-state index in [9.17, 15) is 14.0 Å². The van der Waals surface area contributed by atoms with Crippen molar-refractivity contribution in [2.24, 2.45) is 5.41 Å². The number of carbonyl (C=O) groups is 2. The van der Waals surface area contributed by atoms with Gasteiger partial charge in [0.2, 0.25) is 0 Å². The Hall–Kier alpha value is -2.24. The molecule has 1 saturated carbocycles. The predicted molar refractivity (Wildman–Crippen MR) is 111 cm³/mol. The summed E-state index contributed by atoms with van der Waals surface area (Å²) in [6.45, 7) is 4.12. The second kappa shape index (κ2) is 7.88. The highest BCUT2D eigenvalue weighted by Gasteiger charge is 2.55. The van der Waals surface area contributed by atoms with Gasteiger partial charge in [-0.15, -0.1) is 0 Å². The molecule has 4 rings (SSSR count). The van der Waals surface area contributed by atoms with Crippen LogP contribution in [0.2, 0.25) is 5.02 Å². The number of amides is 1. The summed E-state index contributed by atoms with van der Waals surface area (Å²) in [5.74, 6) is -0.658. The molecule has 6 heteroatoms. The minimum absolute atomic E-state index is 0.104. The number of piperidine rings is 1. The first-order valence-electron chi connectivity index (χ1n) is 9.94. The summed E-state index contributed by atoms with van der Waals surface area (Å²) in [4.78, 5) is 27.1. The topological polar surface area (TPSA) is 49.4 Å². The highest BCUT2D eigenvalue weighted by molar-refractivity contribution is 6.31. The SMILES string of the molecule is Cc1ccc(C(=O)CN2CCC3(CC2)C[C@H]3NC(=O)c2cc(F)cc(Cl)c2)cc1. The Kier molecular flexibility index (Phi) is 5.45. The fourth-order valence-electron chi connectivity index (χ4n) is 4.22.